The van der Waals surface area contributed by atoms with Gasteiger partial charge in [0.25, 0.3) is 0 Å². The van der Waals surface area contributed by atoms with Crippen molar-refractivity contribution in [3.05, 3.63) is 158 Å². The van der Waals surface area contributed by atoms with Crippen LogP contribution in [0.5, 0.6) is 0 Å². The lowest BCUT2D eigenvalue weighted by molar-refractivity contribution is 0.670. The Bertz CT molecular complexity index is 2670. The molecule has 10 aromatic rings. The second-order valence-electron chi connectivity index (χ2n) is 11.7. The molecule has 0 amide bonds. The van der Waals surface area contributed by atoms with Gasteiger partial charge in [-0.3, -0.25) is 0 Å². The van der Waals surface area contributed by atoms with E-state index in [4.69, 9.17) is 4.42 Å². The largest absolute Gasteiger partial charge is 0.455 e. The second-order valence-corrected chi connectivity index (χ2v) is 11.7. The molecule has 3 heteroatoms. The molecule has 45 heavy (non-hydrogen) atoms. The van der Waals surface area contributed by atoms with Gasteiger partial charge in [0.05, 0.1) is 27.8 Å². The summed E-state index contributed by atoms with van der Waals surface area (Å²) in [7, 11) is 0. The summed E-state index contributed by atoms with van der Waals surface area (Å²) >= 11 is 0. The van der Waals surface area contributed by atoms with Crippen LogP contribution in [-0.4, -0.2) is 9.13 Å². The van der Waals surface area contributed by atoms with E-state index in [0.717, 1.165) is 44.4 Å². The molecule has 7 aromatic carbocycles. The number of fused-ring (bicyclic) bond motifs is 9. The van der Waals surface area contributed by atoms with Gasteiger partial charge in [-0.25, -0.2) is 0 Å². The van der Waals surface area contributed by atoms with Crippen LogP contribution in [-0.2, 0) is 0 Å². The van der Waals surface area contributed by atoms with E-state index in [2.05, 4.69) is 161 Å². The zero-order chi connectivity index (χ0) is 29.5. The van der Waals surface area contributed by atoms with Gasteiger partial charge in [0.2, 0.25) is 0 Å². The lowest BCUT2D eigenvalue weighted by atomic mass is 9.99. The van der Waals surface area contributed by atoms with Crippen molar-refractivity contribution in [1.29, 1.82) is 0 Å². The first kappa shape index (κ1) is 24.4. The molecule has 0 fully saturated rings. The average Bonchev–Trinajstić information content (AvgIpc) is 3.76. The summed E-state index contributed by atoms with van der Waals surface area (Å²) in [4.78, 5) is 0. The molecular formula is C42H26N2O. The molecule has 0 aliphatic heterocycles. The molecule has 0 bridgehead atoms. The molecule has 0 atom stereocenters. The van der Waals surface area contributed by atoms with Crippen molar-refractivity contribution < 1.29 is 4.42 Å². The molecule has 0 aliphatic carbocycles. The number of aromatic nitrogens is 2. The van der Waals surface area contributed by atoms with Gasteiger partial charge < -0.3 is 13.6 Å². The highest BCUT2D eigenvalue weighted by atomic mass is 16.3. The molecule has 0 N–H and O–H groups in total. The molecule has 3 aromatic heterocycles. The first-order valence-corrected chi connectivity index (χ1v) is 15.4. The van der Waals surface area contributed by atoms with E-state index in [1.165, 1.54) is 43.6 Å². The predicted octanol–water partition coefficient (Wildman–Crippen LogP) is 11.4. The summed E-state index contributed by atoms with van der Waals surface area (Å²) in [6.45, 7) is 0. The Kier molecular flexibility index (Phi) is 5.00. The molecule has 10 rings (SSSR count). The van der Waals surface area contributed by atoms with Crippen LogP contribution in [0.3, 0.4) is 0 Å². The van der Waals surface area contributed by atoms with Gasteiger partial charge in [0, 0.05) is 43.6 Å². The highest BCUT2D eigenvalue weighted by molar-refractivity contribution is 6.14. The van der Waals surface area contributed by atoms with Crippen LogP contribution >= 0.6 is 0 Å². The molecule has 0 saturated heterocycles. The number of furan rings is 1. The van der Waals surface area contributed by atoms with Crippen LogP contribution in [0, 0.1) is 0 Å². The minimum atomic E-state index is 0.895. The van der Waals surface area contributed by atoms with Crippen LogP contribution in [0.25, 0.3) is 88.1 Å². The normalized spacial score (nSPS) is 12.0. The Morgan fingerprint density at radius 3 is 1.49 bits per heavy atom. The van der Waals surface area contributed by atoms with E-state index in [0.29, 0.717) is 0 Å². The predicted molar refractivity (Wildman–Crippen MR) is 188 cm³/mol. The summed E-state index contributed by atoms with van der Waals surface area (Å²) in [5.74, 6) is 0. The van der Waals surface area contributed by atoms with Crippen molar-refractivity contribution >= 4 is 65.6 Å². The zero-order valence-corrected chi connectivity index (χ0v) is 24.3. The molecule has 0 spiro atoms. The number of nitrogens with zero attached hydrogens (tertiary/aromatic N) is 2. The molecule has 3 heterocycles. The van der Waals surface area contributed by atoms with Crippen molar-refractivity contribution in [1.82, 2.24) is 9.13 Å². The molecule has 0 saturated carbocycles. The van der Waals surface area contributed by atoms with Crippen LogP contribution in [0.15, 0.2) is 162 Å². The Morgan fingerprint density at radius 2 is 0.889 bits per heavy atom. The smallest absolute Gasteiger partial charge is 0.145 e. The Balaban J connectivity index is 1.33. The van der Waals surface area contributed by atoms with Gasteiger partial charge in [-0.1, -0.05) is 103 Å². The fourth-order valence-electron chi connectivity index (χ4n) is 7.43. The Labute approximate surface area is 258 Å². The van der Waals surface area contributed by atoms with Crippen LogP contribution in [0.2, 0.25) is 0 Å². The molecule has 0 radical (unpaired) electrons. The van der Waals surface area contributed by atoms with Crippen LogP contribution < -0.4 is 0 Å². The lowest BCUT2D eigenvalue weighted by Gasteiger charge is -2.16. The third kappa shape index (κ3) is 3.41. The second kappa shape index (κ2) is 9.22. The number of hydrogen-bond acceptors (Lipinski definition) is 1. The van der Waals surface area contributed by atoms with Crippen molar-refractivity contribution in [3.8, 4) is 22.5 Å². The van der Waals surface area contributed by atoms with E-state index in [1.807, 2.05) is 6.07 Å². The van der Waals surface area contributed by atoms with Crippen molar-refractivity contribution in [2.24, 2.45) is 0 Å². The van der Waals surface area contributed by atoms with Gasteiger partial charge in [-0.05, 0) is 60.2 Å². The molecule has 3 nitrogen and oxygen atoms in total. The van der Waals surface area contributed by atoms with Crippen LogP contribution in [0.4, 0.5) is 0 Å². The van der Waals surface area contributed by atoms with E-state index in [9.17, 15) is 0 Å². The van der Waals surface area contributed by atoms with Gasteiger partial charge in [-0.15, -0.1) is 0 Å². The third-order valence-electron chi connectivity index (χ3n) is 9.32. The molecule has 210 valence electrons. The Morgan fingerprint density at radius 1 is 0.378 bits per heavy atom. The third-order valence-corrected chi connectivity index (χ3v) is 9.32. The van der Waals surface area contributed by atoms with Gasteiger partial charge in [0.15, 0.2) is 0 Å². The summed E-state index contributed by atoms with van der Waals surface area (Å²) in [5, 5.41) is 7.23. The van der Waals surface area contributed by atoms with Gasteiger partial charge >= 0.3 is 0 Å². The van der Waals surface area contributed by atoms with Crippen molar-refractivity contribution in [2.75, 3.05) is 0 Å². The number of hydrogen-bond donors (Lipinski definition) is 0. The molecular weight excluding hydrogens is 548 g/mol. The maximum atomic E-state index is 6.75. The highest BCUT2D eigenvalue weighted by Gasteiger charge is 2.21. The first-order chi connectivity index (χ1) is 22.3. The Hall–Kier alpha value is -6.06. The maximum absolute atomic E-state index is 6.75. The first-order valence-electron chi connectivity index (χ1n) is 15.4. The van der Waals surface area contributed by atoms with Crippen LogP contribution in [0.1, 0.15) is 0 Å². The van der Waals surface area contributed by atoms with Crippen molar-refractivity contribution in [3.63, 3.8) is 0 Å². The maximum Gasteiger partial charge on any atom is 0.145 e. The zero-order valence-electron chi connectivity index (χ0n) is 24.3. The average molecular weight is 575 g/mol. The minimum absolute atomic E-state index is 0.895. The van der Waals surface area contributed by atoms with E-state index >= 15 is 0 Å². The van der Waals surface area contributed by atoms with E-state index in [1.54, 1.807) is 0 Å². The summed E-state index contributed by atoms with van der Waals surface area (Å²) in [6, 6.07) is 56.5. The topological polar surface area (TPSA) is 23.0 Å². The van der Waals surface area contributed by atoms with Gasteiger partial charge in [0.1, 0.15) is 11.2 Å². The lowest BCUT2D eigenvalue weighted by Crippen LogP contribution is -1.99. The van der Waals surface area contributed by atoms with E-state index < -0.39 is 0 Å². The quantitative estimate of drug-likeness (QED) is 0.206. The standard InChI is InChI=1S/C42H26N2O/c1-6-19-35-29(14-1)30-15-2-7-20-36(30)43(35)28-13-11-12-27(26-28)41-39(25-24-34-33-18-5-10-23-40(33)45-42(34)41)44-37-21-8-3-16-31(37)32-17-4-9-22-38(32)44/h1-26H. The summed E-state index contributed by atoms with van der Waals surface area (Å²) < 4.78 is 11.5. The summed E-state index contributed by atoms with van der Waals surface area (Å²) in [6.07, 6.45) is 0. The number of benzene rings is 7. The number of rotatable bonds is 3. The monoisotopic (exact) mass is 574 g/mol. The highest BCUT2D eigenvalue weighted by Crippen LogP contribution is 2.43. The van der Waals surface area contributed by atoms with E-state index in [-0.39, 0.29) is 0 Å². The fraction of sp³-hybridized carbons (Fsp3) is 0. The SMILES string of the molecule is c1cc(-c2c(-n3c4ccccc4c4ccccc43)ccc3c2oc2ccccc23)cc(-n2c3ccccc3c3ccccc32)c1. The molecule has 0 aliphatic rings. The molecule has 0 unspecified atom stereocenters. The number of para-hydroxylation sites is 5. The van der Waals surface area contributed by atoms with Gasteiger partial charge in [-0.2, -0.15) is 0 Å². The minimum Gasteiger partial charge on any atom is -0.455 e. The summed E-state index contributed by atoms with van der Waals surface area (Å²) in [5.41, 5.74) is 10.9. The fourth-order valence-corrected chi connectivity index (χ4v) is 7.43. The van der Waals surface area contributed by atoms with Crippen molar-refractivity contribution in [2.45, 2.75) is 0 Å².